The molecule has 1 aromatic rings. The lowest BCUT2D eigenvalue weighted by Gasteiger charge is -2.31. The third-order valence-corrected chi connectivity index (χ3v) is 4.73. The standard InChI is InChI=1S/C18H25N3O4/c1-12(13-5-6-15-16(10-13)25-9-3-8-24-15)20-17(22)14-4-2-7-21(11-14)18(19)23/h5-6,10,12,14H,2-4,7-9,11H2,1H3,(H2,19,23)(H,20,22). The number of nitrogens with zero attached hydrogens (tertiary/aromatic N) is 1. The third-order valence-electron chi connectivity index (χ3n) is 4.73. The smallest absolute Gasteiger partial charge is 0.314 e. The number of rotatable bonds is 3. The molecule has 3 amide bonds. The Kier molecular flexibility index (Phi) is 5.31. The van der Waals surface area contributed by atoms with Crippen LogP contribution in [0.15, 0.2) is 18.2 Å². The first-order chi connectivity index (χ1) is 12.0. The molecule has 7 nitrogen and oxygen atoms in total. The molecule has 0 aliphatic carbocycles. The largest absolute Gasteiger partial charge is 0.490 e. The quantitative estimate of drug-likeness (QED) is 0.872. The number of amides is 3. The van der Waals surface area contributed by atoms with Gasteiger partial charge in [-0.15, -0.1) is 0 Å². The Bertz CT molecular complexity index is 649. The molecule has 1 aromatic carbocycles. The molecule has 0 bridgehead atoms. The molecule has 0 radical (unpaired) electrons. The SMILES string of the molecule is CC(NC(=O)C1CCCN(C(N)=O)C1)c1ccc2c(c1)OCCCO2. The van der Waals surface area contributed by atoms with E-state index in [1.54, 1.807) is 0 Å². The van der Waals surface area contributed by atoms with Crippen LogP contribution < -0.4 is 20.5 Å². The highest BCUT2D eigenvalue weighted by Gasteiger charge is 2.28. The Morgan fingerprint density at radius 3 is 2.76 bits per heavy atom. The van der Waals surface area contributed by atoms with Crippen LogP contribution in [0.2, 0.25) is 0 Å². The Labute approximate surface area is 147 Å². The second-order valence-electron chi connectivity index (χ2n) is 6.61. The highest BCUT2D eigenvalue weighted by atomic mass is 16.5. The number of carbonyl (C=O) groups excluding carboxylic acids is 2. The molecular weight excluding hydrogens is 322 g/mol. The van der Waals surface area contributed by atoms with Crippen LogP contribution in [-0.2, 0) is 4.79 Å². The molecule has 1 fully saturated rings. The summed E-state index contributed by atoms with van der Waals surface area (Å²) in [6.45, 7) is 4.22. The minimum Gasteiger partial charge on any atom is -0.490 e. The number of piperidine rings is 1. The summed E-state index contributed by atoms with van der Waals surface area (Å²) in [6.07, 6.45) is 2.41. The van der Waals surface area contributed by atoms with Crippen LogP contribution in [0.4, 0.5) is 4.79 Å². The van der Waals surface area contributed by atoms with Crippen LogP contribution >= 0.6 is 0 Å². The molecule has 2 aliphatic heterocycles. The average molecular weight is 347 g/mol. The molecule has 0 aromatic heterocycles. The molecule has 136 valence electrons. The first kappa shape index (κ1) is 17.4. The van der Waals surface area contributed by atoms with Gasteiger partial charge in [-0.2, -0.15) is 0 Å². The fourth-order valence-corrected chi connectivity index (χ4v) is 3.26. The molecule has 0 spiro atoms. The number of nitrogens with two attached hydrogens (primary N) is 1. The molecule has 2 atom stereocenters. The number of benzene rings is 1. The molecule has 0 saturated carbocycles. The van der Waals surface area contributed by atoms with Crippen molar-refractivity contribution < 1.29 is 19.1 Å². The molecule has 3 rings (SSSR count). The molecule has 3 N–H and O–H groups in total. The number of hydrogen-bond acceptors (Lipinski definition) is 4. The van der Waals surface area contributed by atoms with Crippen molar-refractivity contribution >= 4 is 11.9 Å². The molecule has 25 heavy (non-hydrogen) atoms. The number of urea groups is 1. The summed E-state index contributed by atoms with van der Waals surface area (Å²) in [5.74, 6) is 1.19. The van der Waals surface area contributed by atoms with Crippen molar-refractivity contribution in [1.29, 1.82) is 0 Å². The Hall–Kier alpha value is -2.44. The average Bonchev–Trinajstić information content (AvgIpc) is 2.86. The molecule has 2 unspecified atom stereocenters. The van der Waals surface area contributed by atoms with E-state index in [0.29, 0.717) is 32.1 Å². The van der Waals surface area contributed by atoms with Crippen LogP contribution in [0, 0.1) is 5.92 Å². The summed E-state index contributed by atoms with van der Waals surface area (Å²) >= 11 is 0. The third kappa shape index (κ3) is 4.15. The molecule has 7 heteroatoms. The van der Waals surface area contributed by atoms with Gasteiger partial charge in [0.1, 0.15) is 0 Å². The van der Waals surface area contributed by atoms with Crippen LogP contribution in [0.1, 0.15) is 37.8 Å². The minimum absolute atomic E-state index is 0.0504. The Morgan fingerprint density at radius 1 is 1.24 bits per heavy atom. The highest BCUT2D eigenvalue weighted by Crippen LogP contribution is 2.32. The molecule has 1 saturated heterocycles. The summed E-state index contributed by atoms with van der Waals surface area (Å²) in [5.41, 5.74) is 6.29. The minimum atomic E-state index is -0.464. The van der Waals surface area contributed by atoms with E-state index >= 15 is 0 Å². The highest BCUT2D eigenvalue weighted by molar-refractivity contribution is 5.80. The fourth-order valence-electron chi connectivity index (χ4n) is 3.26. The van der Waals surface area contributed by atoms with Gasteiger partial charge in [0.15, 0.2) is 11.5 Å². The van der Waals surface area contributed by atoms with Gasteiger partial charge in [0.2, 0.25) is 5.91 Å². The summed E-state index contributed by atoms with van der Waals surface area (Å²) in [6, 6.07) is 5.12. The lowest BCUT2D eigenvalue weighted by Crippen LogP contribution is -2.47. The van der Waals surface area contributed by atoms with Gasteiger partial charge in [-0.05, 0) is 37.5 Å². The van der Waals surface area contributed by atoms with Gasteiger partial charge in [-0.25, -0.2) is 4.79 Å². The van der Waals surface area contributed by atoms with Crippen LogP contribution in [0.5, 0.6) is 11.5 Å². The summed E-state index contributed by atoms with van der Waals surface area (Å²) in [7, 11) is 0. The van der Waals surface area contributed by atoms with Crippen molar-refractivity contribution in [1.82, 2.24) is 10.2 Å². The van der Waals surface area contributed by atoms with E-state index in [1.807, 2.05) is 25.1 Å². The van der Waals surface area contributed by atoms with Gasteiger partial charge in [0.25, 0.3) is 0 Å². The number of primary amides is 1. The van der Waals surface area contributed by atoms with E-state index in [1.165, 1.54) is 4.90 Å². The van der Waals surface area contributed by atoms with Crippen LogP contribution in [0.25, 0.3) is 0 Å². The normalized spacial score (nSPS) is 21.2. The maximum atomic E-state index is 12.5. The number of carbonyl (C=O) groups is 2. The van der Waals surface area contributed by atoms with Gasteiger partial charge in [-0.1, -0.05) is 6.07 Å². The van der Waals surface area contributed by atoms with Crippen molar-refractivity contribution in [3.63, 3.8) is 0 Å². The lowest BCUT2D eigenvalue weighted by molar-refractivity contribution is -0.126. The van der Waals surface area contributed by atoms with E-state index in [-0.39, 0.29) is 17.9 Å². The maximum Gasteiger partial charge on any atom is 0.314 e. The maximum absolute atomic E-state index is 12.5. The Morgan fingerprint density at radius 2 is 2.00 bits per heavy atom. The van der Waals surface area contributed by atoms with E-state index in [4.69, 9.17) is 15.2 Å². The predicted octanol–water partition coefficient (Wildman–Crippen LogP) is 1.82. The Balaban J connectivity index is 1.63. The number of ether oxygens (including phenoxy) is 2. The van der Waals surface area contributed by atoms with E-state index in [2.05, 4.69) is 5.32 Å². The van der Waals surface area contributed by atoms with Gasteiger partial charge in [-0.3, -0.25) is 4.79 Å². The summed E-state index contributed by atoms with van der Waals surface area (Å²) in [4.78, 5) is 25.4. The van der Waals surface area contributed by atoms with Crippen molar-refractivity contribution in [2.24, 2.45) is 11.7 Å². The van der Waals surface area contributed by atoms with E-state index in [9.17, 15) is 9.59 Å². The van der Waals surface area contributed by atoms with Crippen LogP contribution in [-0.4, -0.2) is 43.1 Å². The van der Waals surface area contributed by atoms with Gasteiger partial charge in [0.05, 0.1) is 25.2 Å². The van der Waals surface area contributed by atoms with Crippen LogP contribution in [0.3, 0.4) is 0 Å². The number of likely N-dealkylation sites (tertiary alicyclic amines) is 1. The molecule has 2 heterocycles. The zero-order valence-electron chi connectivity index (χ0n) is 14.5. The first-order valence-electron chi connectivity index (χ1n) is 8.79. The fraction of sp³-hybridized carbons (Fsp3) is 0.556. The number of nitrogens with one attached hydrogen (secondary N) is 1. The number of hydrogen-bond donors (Lipinski definition) is 2. The zero-order valence-corrected chi connectivity index (χ0v) is 14.5. The topological polar surface area (TPSA) is 93.9 Å². The van der Waals surface area contributed by atoms with Gasteiger partial charge in [0, 0.05) is 19.5 Å². The van der Waals surface area contributed by atoms with Gasteiger partial charge < -0.3 is 25.4 Å². The van der Waals surface area contributed by atoms with E-state index in [0.717, 1.165) is 30.6 Å². The first-order valence-corrected chi connectivity index (χ1v) is 8.79. The van der Waals surface area contributed by atoms with Gasteiger partial charge >= 0.3 is 6.03 Å². The second kappa shape index (κ2) is 7.63. The molecule has 2 aliphatic rings. The monoisotopic (exact) mass is 347 g/mol. The number of fused-ring (bicyclic) bond motifs is 1. The van der Waals surface area contributed by atoms with Crippen molar-refractivity contribution in [2.75, 3.05) is 26.3 Å². The molecular formula is C18H25N3O4. The van der Waals surface area contributed by atoms with Crippen molar-refractivity contribution in [2.45, 2.75) is 32.2 Å². The zero-order chi connectivity index (χ0) is 17.8. The summed E-state index contributed by atoms with van der Waals surface area (Å²) < 4.78 is 11.3. The summed E-state index contributed by atoms with van der Waals surface area (Å²) in [5, 5.41) is 3.03. The predicted molar refractivity (Wildman–Crippen MR) is 92.5 cm³/mol. The second-order valence-corrected chi connectivity index (χ2v) is 6.61. The van der Waals surface area contributed by atoms with Crippen molar-refractivity contribution in [3.05, 3.63) is 23.8 Å². The van der Waals surface area contributed by atoms with Crippen molar-refractivity contribution in [3.8, 4) is 11.5 Å². The lowest BCUT2D eigenvalue weighted by atomic mass is 9.96. The van der Waals surface area contributed by atoms with E-state index < -0.39 is 6.03 Å².